The molecule has 0 radical (unpaired) electrons. The van der Waals surface area contributed by atoms with Crippen LogP contribution < -0.4 is 0 Å². The van der Waals surface area contributed by atoms with E-state index in [-0.39, 0.29) is 16.9 Å². The van der Waals surface area contributed by atoms with Crippen molar-refractivity contribution in [1.82, 2.24) is 0 Å². The summed E-state index contributed by atoms with van der Waals surface area (Å²) in [7, 11) is 1.21. The van der Waals surface area contributed by atoms with Crippen molar-refractivity contribution < 1.29 is 18.3 Å². The van der Waals surface area contributed by atoms with E-state index in [4.69, 9.17) is 0 Å². The molecule has 0 saturated carbocycles. The van der Waals surface area contributed by atoms with Gasteiger partial charge in [0.2, 0.25) is 0 Å². The Morgan fingerprint density at radius 1 is 1.37 bits per heavy atom. The van der Waals surface area contributed by atoms with E-state index in [0.29, 0.717) is 0 Å². The highest BCUT2D eigenvalue weighted by atomic mass is 32.2. The molecule has 19 heavy (non-hydrogen) atoms. The normalized spacial score (nSPS) is 10.5. The average Bonchev–Trinajstić information content (AvgIpc) is 2.92. The van der Waals surface area contributed by atoms with Crippen molar-refractivity contribution in [3.05, 3.63) is 51.7 Å². The number of thioether (sulfide) groups is 1. The minimum Gasteiger partial charge on any atom is -0.465 e. The second-order valence-electron chi connectivity index (χ2n) is 3.63. The quantitative estimate of drug-likeness (QED) is 0.628. The lowest BCUT2D eigenvalue weighted by Crippen LogP contribution is -2.08. The van der Waals surface area contributed by atoms with E-state index >= 15 is 0 Å². The highest BCUT2D eigenvalue weighted by Crippen LogP contribution is 2.28. The van der Waals surface area contributed by atoms with Crippen molar-refractivity contribution >= 4 is 29.1 Å². The number of hydrogen-bond acceptors (Lipinski definition) is 4. The number of carbonyl (C=O) groups excluding carboxylic acids is 1. The largest absolute Gasteiger partial charge is 0.465 e. The van der Waals surface area contributed by atoms with Crippen LogP contribution in [0, 0.1) is 11.6 Å². The van der Waals surface area contributed by atoms with Crippen molar-refractivity contribution in [2.45, 2.75) is 10.6 Å². The zero-order chi connectivity index (χ0) is 13.8. The van der Waals surface area contributed by atoms with Crippen LogP contribution in [-0.2, 0) is 10.5 Å². The fourth-order valence-corrected chi connectivity index (χ4v) is 3.32. The molecule has 0 bridgehead atoms. The van der Waals surface area contributed by atoms with Crippen LogP contribution in [0.15, 0.2) is 33.9 Å². The molecule has 0 saturated heterocycles. The van der Waals surface area contributed by atoms with Gasteiger partial charge in [0.1, 0.15) is 0 Å². The smallest absolute Gasteiger partial charge is 0.338 e. The number of methoxy groups -OCH3 is 1. The molecule has 2 rings (SSSR count). The van der Waals surface area contributed by atoms with Gasteiger partial charge in [-0.15, -0.1) is 11.8 Å². The predicted octanol–water partition coefficient (Wildman–Crippen LogP) is 4.11. The second kappa shape index (κ2) is 6.16. The summed E-state index contributed by atoms with van der Waals surface area (Å²) < 4.78 is 31.6. The molecule has 0 aliphatic heterocycles. The van der Waals surface area contributed by atoms with E-state index in [1.54, 1.807) is 0 Å². The van der Waals surface area contributed by atoms with E-state index in [0.717, 1.165) is 11.0 Å². The summed E-state index contributed by atoms with van der Waals surface area (Å²) in [5.74, 6) is -2.45. The molecule has 0 aliphatic carbocycles. The third-order valence-corrected chi connectivity index (χ3v) is 4.33. The molecule has 0 amide bonds. The molecule has 1 heterocycles. The summed E-state index contributed by atoms with van der Waals surface area (Å²) in [5.41, 5.74) is 0.0900. The van der Waals surface area contributed by atoms with Gasteiger partial charge in [-0.05, 0) is 23.6 Å². The lowest BCUT2D eigenvalue weighted by atomic mass is 10.1. The Kier molecular flexibility index (Phi) is 4.55. The Morgan fingerprint density at radius 2 is 2.16 bits per heavy atom. The van der Waals surface area contributed by atoms with Gasteiger partial charge in [0.25, 0.3) is 0 Å². The second-order valence-corrected chi connectivity index (χ2v) is 5.46. The highest BCUT2D eigenvalue weighted by Gasteiger charge is 2.19. The minimum absolute atomic E-state index is 0.0306. The molecule has 0 spiro atoms. The van der Waals surface area contributed by atoms with Crippen molar-refractivity contribution in [1.29, 1.82) is 0 Å². The van der Waals surface area contributed by atoms with Gasteiger partial charge in [0.15, 0.2) is 11.6 Å². The number of esters is 1. The summed E-state index contributed by atoms with van der Waals surface area (Å²) in [6, 6.07) is 4.05. The summed E-state index contributed by atoms with van der Waals surface area (Å²) in [5, 5.41) is 3.80. The molecule has 2 aromatic rings. The molecule has 0 unspecified atom stereocenters. The Hall–Kier alpha value is -1.40. The van der Waals surface area contributed by atoms with Gasteiger partial charge in [0, 0.05) is 21.6 Å². The Morgan fingerprint density at radius 3 is 2.79 bits per heavy atom. The zero-order valence-electron chi connectivity index (χ0n) is 9.98. The van der Waals surface area contributed by atoms with Crippen LogP contribution in [0.1, 0.15) is 15.9 Å². The Bertz CT molecular complexity index is 583. The van der Waals surface area contributed by atoms with Gasteiger partial charge in [-0.2, -0.15) is 11.3 Å². The molecule has 2 nitrogen and oxygen atoms in total. The molecule has 0 fully saturated rings. The van der Waals surface area contributed by atoms with E-state index in [1.165, 1.54) is 36.3 Å². The van der Waals surface area contributed by atoms with Crippen LogP contribution in [0.2, 0.25) is 0 Å². The molecule has 100 valence electrons. The standard InChI is InChI=1S/C13H10F2O2S2/c1-17-13(16)9-2-3-11(14)12(15)10(9)7-19-8-4-5-18-6-8/h2-6H,7H2,1H3. The fourth-order valence-electron chi connectivity index (χ4n) is 1.52. The van der Waals surface area contributed by atoms with Crippen LogP contribution in [0.5, 0.6) is 0 Å². The monoisotopic (exact) mass is 300 g/mol. The number of benzene rings is 1. The maximum atomic E-state index is 13.8. The van der Waals surface area contributed by atoms with Gasteiger partial charge < -0.3 is 4.74 Å². The van der Waals surface area contributed by atoms with Crippen LogP contribution in [0.3, 0.4) is 0 Å². The lowest BCUT2D eigenvalue weighted by Gasteiger charge is -2.09. The van der Waals surface area contributed by atoms with Crippen molar-refractivity contribution in [2.24, 2.45) is 0 Å². The van der Waals surface area contributed by atoms with Gasteiger partial charge in [-0.1, -0.05) is 0 Å². The third-order valence-electron chi connectivity index (χ3n) is 2.48. The SMILES string of the molecule is COC(=O)c1ccc(F)c(F)c1CSc1ccsc1. The van der Waals surface area contributed by atoms with Gasteiger partial charge in [-0.25, -0.2) is 13.6 Å². The first-order valence-electron chi connectivity index (χ1n) is 5.33. The summed E-state index contributed by atoms with van der Waals surface area (Å²) in [4.78, 5) is 12.5. The highest BCUT2D eigenvalue weighted by molar-refractivity contribution is 7.98. The zero-order valence-corrected chi connectivity index (χ0v) is 11.6. The molecule has 0 atom stereocenters. The summed E-state index contributed by atoms with van der Waals surface area (Å²) >= 11 is 2.86. The van der Waals surface area contributed by atoms with Crippen molar-refractivity contribution in [2.75, 3.05) is 7.11 Å². The number of carbonyl (C=O) groups is 1. The number of hydrogen-bond donors (Lipinski definition) is 0. The first-order chi connectivity index (χ1) is 9.13. The van der Waals surface area contributed by atoms with Crippen LogP contribution in [0.25, 0.3) is 0 Å². The molecule has 1 aromatic heterocycles. The summed E-state index contributed by atoms with van der Waals surface area (Å²) in [6.07, 6.45) is 0. The fraction of sp³-hybridized carbons (Fsp3) is 0.154. The van der Waals surface area contributed by atoms with Gasteiger partial charge in [0.05, 0.1) is 12.7 Å². The maximum Gasteiger partial charge on any atom is 0.338 e. The molecule has 0 N–H and O–H groups in total. The Balaban J connectivity index is 2.30. The maximum absolute atomic E-state index is 13.8. The first kappa shape index (κ1) is 14.0. The van der Waals surface area contributed by atoms with Crippen LogP contribution >= 0.6 is 23.1 Å². The van der Waals surface area contributed by atoms with E-state index in [2.05, 4.69) is 4.74 Å². The molecule has 6 heteroatoms. The number of halogens is 2. The van der Waals surface area contributed by atoms with Gasteiger partial charge >= 0.3 is 5.97 Å². The van der Waals surface area contributed by atoms with E-state index in [9.17, 15) is 13.6 Å². The van der Waals surface area contributed by atoms with Gasteiger partial charge in [-0.3, -0.25) is 0 Å². The predicted molar refractivity (Wildman–Crippen MR) is 71.6 cm³/mol. The van der Waals surface area contributed by atoms with Crippen LogP contribution in [-0.4, -0.2) is 13.1 Å². The number of rotatable bonds is 4. The molecular formula is C13H10F2O2S2. The van der Waals surface area contributed by atoms with E-state index < -0.39 is 17.6 Å². The average molecular weight is 300 g/mol. The Labute approximate surface area is 117 Å². The van der Waals surface area contributed by atoms with Crippen molar-refractivity contribution in [3.63, 3.8) is 0 Å². The number of ether oxygens (including phenoxy) is 1. The molecule has 1 aromatic carbocycles. The molecular weight excluding hydrogens is 290 g/mol. The molecule has 0 aliphatic rings. The topological polar surface area (TPSA) is 26.3 Å². The van der Waals surface area contributed by atoms with E-state index in [1.807, 2.05) is 16.8 Å². The third kappa shape index (κ3) is 3.13. The van der Waals surface area contributed by atoms with Crippen LogP contribution in [0.4, 0.5) is 8.78 Å². The lowest BCUT2D eigenvalue weighted by molar-refractivity contribution is 0.0599. The van der Waals surface area contributed by atoms with Crippen molar-refractivity contribution in [3.8, 4) is 0 Å². The first-order valence-corrected chi connectivity index (χ1v) is 7.26. The number of thiophene rings is 1. The summed E-state index contributed by atoms with van der Waals surface area (Å²) in [6.45, 7) is 0. The minimum atomic E-state index is -0.995.